The molecule has 1 saturated heterocycles. The number of fused-ring (bicyclic) bond motifs is 1. The van der Waals surface area contributed by atoms with Crippen molar-refractivity contribution in [1.82, 2.24) is 0 Å². The molecule has 0 radical (unpaired) electrons. The topological polar surface area (TPSA) is 44.5 Å². The maximum atomic E-state index is 6.16. The summed E-state index contributed by atoms with van der Waals surface area (Å²) in [6, 6.07) is 0. The third kappa shape index (κ3) is 2.78. The van der Waals surface area contributed by atoms with Gasteiger partial charge in [-0.15, -0.1) is 6.58 Å². The summed E-state index contributed by atoms with van der Waals surface area (Å²) >= 11 is 0. The molecule has 2 N–H and O–H groups in total. The predicted molar refractivity (Wildman–Crippen MR) is 72.6 cm³/mol. The highest BCUT2D eigenvalue weighted by Crippen LogP contribution is 2.39. The van der Waals surface area contributed by atoms with Crippen LogP contribution in [0.3, 0.4) is 0 Å². The Morgan fingerprint density at radius 3 is 3.06 bits per heavy atom. The van der Waals surface area contributed by atoms with E-state index in [9.17, 15) is 0 Å². The van der Waals surface area contributed by atoms with E-state index in [-0.39, 0.29) is 0 Å². The molecule has 2 aliphatic rings. The zero-order valence-corrected chi connectivity index (χ0v) is 11.2. The van der Waals surface area contributed by atoms with Gasteiger partial charge in [0.05, 0.1) is 6.61 Å². The monoisotopic (exact) mass is 249 g/mol. The Morgan fingerprint density at radius 1 is 1.50 bits per heavy atom. The molecule has 1 aliphatic carbocycles. The predicted octanol–water partition coefficient (Wildman–Crippen LogP) is 3.24. The van der Waals surface area contributed by atoms with Gasteiger partial charge < -0.3 is 15.2 Å². The standard InChI is InChI=1S/C15H23NO2/c1-3-5-9-15(8-4-2)17-11-12-10-13(16)6-7-14(12)18-15/h3,6-7,12H,1,4-5,8-11,16H2,2H3. The molecule has 18 heavy (non-hydrogen) atoms. The molecule has 0 spiro atoms. The largest absolute Gasteiger partial charge is 0.466 e. The van der Waals surface area contributed by atoms with Gasteiger partial charge in [-0.1, -0.05) is 13.0 Å². The van der Waals surface area contributed by atoms with Crippen molar-refractivity contribution in [3.05, 3.63) is 36.3 Å². The first kappa shape index (κ1) is 13.2. The fourth-order valence-electron chi connectivity index (χ4n) is 2.61. The molecule has 0 aromatic rings. The highest BCUT2D eigenvalue weighted by molar-refractivity contribution is 5.23. The number of allylic oxidation sites excluding steroid dienone is 4. The van der Waals surface area contributed by atoms with Gasteiger partial charge in [0.1, 0.15) is 5.76 Å². The molecular weight excluding hydrogens is 226 g/mol. The molecule has 0 aromatic heterocycles. The molecule has 2 rings (SSSR count). The summed E-state index contributed by atoms with van der Waals surface area (Å²) in [6.45, 7) is 6.64. The van der Waals surface area contributed by atoms with E-state index in [1.165, 1.54) is 0 Å². The first-order valence-electron chi connectivity index (χ1n) is 6.79. The molecule has 0 aromatic carbocycles. The molecule has 0 bridgehead atoms. The van der Waals surface area contributed by atoms with E-state index in [0.717, 1.165) is 43.6 Å². The number of rotatable bonds is 5. The van der Waals surface area contributed by atoms with Crippen LogP contribution in [0.5, 0.6) is 0 Å². The Bertz CT molecular complexity index is 373. The van der Waals surface area contributed by atoms with Gasteiger partial charge in [0.2, 0.25) is 5.79 Å². The summed E-state index contributed by atoms with van der Waals surface area (Å²) < 4.78 is 12.2. The maximum absolute atomic E-state index is 6.16. The van der Waals surface area contributed by atoms with Crippen molar-refractivity contribution >= 4 is 0 Å². The Balaban J connectivity index is 2.11. The Morgan fingerprint density at radius 2 is 2.33 bits per heavy atom. The molecule has 1 fully saturated rings. The van der Waals surface area contributed by atoms with E-state index in [1.54, 1.807) is 0 Å². The molecule has 2 atom stereocenters. The third-order valence-corrected chi connectivity index (χ3v) is 3.56. The third-order valence-electron chi connectivity index (χ3n) is 3.56. The van der Waals surface area contributed by atoms with E-state index in [1.807, 2.05) is 18.2 Å². The summed E-state index contributed by atoms with van der Waals surface area (Å²) in [5, 5.41) is 0. The van der Waals surface area contributed by atoms with Gasteiger partial charge in [-0.3, -0.25) is 0 Å². The number of ether oxygens (including phenoxy) is 2. The van der Waals surface area contributed by atoms with Gasteiger partial charge in [-0.05, 0) is 31.4 Å². The Labute approximate surface area is 109 Å². The van der Waals surface area contributed by atoms with E-state index in [4.69, 9.17) is 15.2 Å². The maximum Gasteiger partial charge on any atom is 0.210 e. The highest BCUT2D eigenvalue weighted by Gasteiger charge is 2.40. The number of nitrogens with two attached hydrogens (primary N) is 1. The fourth-order valence-corrected chi connectivity index (χ4v) is 2.61. The van der Waals surface area contributed by atoms with Crippen molar-refractivity contribution in [3.8, 4) is 0 Å². The van der Waals surface area contributed by atoms with Crippen LogP contribution in [0.1, 0.15) is 39.0 Å². The minimum absolute atomic E-state index is 0.295. The average molecular weight is 249 g/mol. The van der Waals surface area contributed by atoms with Crippen LogP contribution >= 0.6 is 0 Å². The molecule has 100 valence electrons. The summed E-state index contributed by atoms with van der Waals surface area (Å²) in [6.07, 6.45) is 10.5. The zero-order valence-electron chi connectivity index (χ0n) is 11.2. The normalized spacial score (nSPS) is 30.8. The number of hydrogen-bond acceptors (Lipinski definition) is 3. The van der Waals surface area contributed by atoms with Gasteiger partial charge in [-0.25, -0.2) is 0 Å². The highest BCUT2D eigenvalue weighted by atomic mass is 16.7. The lowest BCUT2D eigenvalue weighted by Crippen LogP contribution is -2.43. The van der Waals surface area contributed by atoms with Gasteiger partial charge in [0, 0.05) is 24.5 Å². The van der Waals surface area contributed by atoms with Crippen molar-refractivity contribution in [1.29, 1.82) is 0 Å². The number of hydrogen-bond donors (Lipinski definition) is 1. The molecular formula is C15H23NO2. The van der Waals surface area contributed by atoms with Crippen LogP contribution in [-0.4, -0.2) is 12.4 Å². The Kier molecular flexibility index (Phi) is 4.12. The smallest absolute Gasteiger partial charge is 0.210 e. The molecule has 3 nitrogen and oxygen atoms in total. The lowest BCUT2D eigenvalue weighted by Gasteiger charge is -2.43. The second-order valence-corrected chi connectivity index (χ2v) is 5.11. The minimum Gasteiger partial charge on any atom is -0.466 e. The Hall–Kier alpha value is -1.22. The quantitative estimate of drug-likeness (QED) is 0.761. The SMILES string of the molecule is C=CCCC1(CCC)OCC2CC(N)=CC=C2O1. The summed E-state index contributed by atoms with van der Waals surface area (Å²) in [5.74, 6) is 0.877. The molecule has 0 amide bonds. The van der Waals surface area contributed by atoms with Gasteiger partial charge in [-0.2, -0.15) is 0 Å². The van der Waals surface area contributed by atoms with Crippen molar-refractivity contribution in [3.63, 3.8) is 0 Å². The first-order chi connectivity index (χ1) is 8.69. The minimum atomic E-state index is -0.453. The van der Waals surface area contributed by atoms with Crippen LogP contribution in [0.4, 0.5) is 0 Å². The fraction of sp³-hybridized carbons (Fsp3) is 0.600. The van der Waals surface area contributed by atoms with Crippen LogP contribution < -0.4 is 5.73 Å². The van der Waals surface area contributed by atoms with Crippen molar-refractivity contribution in [2.24, 2.45) is 11.7 Å². The van der Waals surface area contributed by atoms with Crippen LogP contribution in [0, 0.1) is 5.92 Å². The van der Waals surface area contributed by atoms with Crippen LogP contribution in [-0.2, 0) is 9.47 Å². The van der Waals surface area contributed by atoms with Crippen LogP contribution in [0.25, 0.3) is 0 Å². The van der Waals surface area contributed by atoms with Crippen LogP contribution in [0.15, 0.2) is 36.3 Å². The van der Waals surface area contributed by atoms with Crippen molar-refractivity contribution < 1.29 is 9.47 Å². The second kappa shape index (κ2) is 5.61. The van der Waals surface area contributed by atoms with Crippen molar-refractivity contribution in [2.45, 2.75) is 44.8 Å². The van der Waals surface area contributed by atoms with Crippen molar-refractivity contribution in [2.75, 3.05) is 6.61 Å². The first-order valence-corrected chi connectivity index (χ1v) is 6.79. The van der Waals surface area contributed by atoms with Gasteiger partial charge in [0.15, 0.2) is 0 Å². The van der Waals surface area contributed by atoms with Gasteiger partial charge in [0.25, 0.3) is 0 Å². The molecule has 0 saturated carbocycles. The van der Waals surface area contributed by atoms with E-state index < -0.39 is 5.79 Å². The van der Waals surface area contributed by atoms with E-state index in [0.29, 0.717) is 12.5 Å². The van der Waals surface area contributed by atoms with Crippen LogP contribution in [0.2, 0.25) is 0 Å². The molecule has 1 aliphatic heterocycles. The lowest BCUT2D eigenvalue weighted by molar-refractivity contribution is -0.261. The molecule has 2 unspecified atom stereocenters. The second-order valence-electron chi connectivity index (χ2n) is 5.11. The average Bonchev–Trinajstić information content (AvgIpc) is 2.37. The molecule has 3 heteroatoms. The molecule has 1 heterocycles. The summed E-state index contributed by atoms with van der Waals surface area (Å²) in [4.78, 5) is 0. The summed E-state index contributed by atoms with van der Waals surface area (Å²) in [7, 11) is 0. The van der Waals surface area contributed by atoms with Gasteiger partial charge >= 0.3 is 0 Å². The van der Waals surface area contributed by atoms with E-state index >= 15 is 0 Å². The summed E-state index contributed by atoms with van der Waals surface area (Å²) in [5.41, 5.74) is 6.75. The lowest BCUT2D eigenvalue weighted by atomic mass is 9.94. The van der Waals surface area contributed by atoms with E-state index in [2.05, 4.69) is 13.5 Å². The zero-order chi connectivity index (χ0) is 13.0.